The molecule has 1 saturated heterocycles. The third-order valence-electron chi connectivity index (χ3n) is 10.6. The molecule has 0 spiro atoms. The smallest absolute Gasteiger partial charge is 0.411 e. The van der Waals surface area contributed by atoms with Crippen molar-refractivity contribution in [1.29, 1.82) is 0 Å². The molecule has 1 saturated carbocycles. The Hall–Kier alpha value is -3.28. The SMILES string of the molecule is CCCCCCCCN1C(=O)O[C@H]2C(=C[C@H]3[C@@H]4CCc5cc(O)ccc5[C@H]4CC[C@]23C)[C@@H]1c1cccc(C(N)=O)c1. The maximum atomic E-state index is 13.8. The molecule has 3 aliphatic carbocycles. The first-order valence-electron chi connectivity index (χ1n) is 15.7. The Morgan fingerprint density at radius 3 is 2.71 bits per heavy atom. The van der Waals surface area contributed by atoms with E-state index in [1.165, 1.54) is 42.4 Å². The van der Waals surface area contributed by atoms with Crippen LogP contribution in [0.25, 0.3) is 0 Å². The molecular formula is C35H44N2O4. The predicted molar refractivity (Wildman–Crippen MR) is 160 cm³/mol. The quantitative estimate of drug-likeness (QED) is 0.248. The Balaban J connectivity index is 1.35. The molecule has 41 heavy (non-hydrogen) atoms. The van der Waals surface area contributed by atoms with Crippen LogP contribution in [0.4, 0.5) is 4.79 Å². The minimum absolute atomic E-state index is 0.160. The number of primary amides is 1. The summed E-state index contributed by atoms with van der Waals surface area (Å²) >= 11 is 0. The molecule has 0 aromatic heterocycles. The minimum Gasteiger partial charge on any atom is -0.508 e. The number of benzene rings is 2. The highest BCUT2D eigenvalue weighted by Crippen LogP contribution is 2.63. The van der Waals surface area contributed by atoms with Crippen LogP contribution in [-0.4, -0.2) is 34.7 Å². The lowest BCUT2D eigenvalue weighted by Gasteiger charge is -2.51. The van der Waals surface area contributed by atoms with Crippen molar-refractivity contribution in [1.82, 2.24) is 4.90 Å². The van der Waals surface area contributed by atoms with Gasteiger partial charge in [-0.15, -0.1) is 0 Å². The second-order valence-corrected chi connectivity index (χ2v) is 13.0. The fraction of sp³-hybridized carbons (Fsp3) is 0.543. The van der Waals surface area contributed by atoms with Gasteiger partial charge in [-0.2, -0.15) is 0 Å². The number of unbranched alkanes of at least 4 members (excludes halogenated alkanes) is 5. The van der Waals surface area contributed by atoms with E-state index in [4.69, 9.17) is 10.5 Å². The first kappa shape index (κ1) is 27.9. The summed E-state index contributed by atoms with van der Waals surface area (Å²) in [5.41, 5.74) is 10.7. The molecule has 2 aromatic carbocycles. The molecule has 218 valence electrons. The first-order chi connectivity index (χ1) is 19.8. The zero-order valence-electron chi connectivity index (χ0n) is 24.5. The number of nitrogens with two attached hydrogens (primary N) is 1. The number of phenols is 1. The molecule has 4 aliphatic rings. The van der Waals surface area contributed by atoms with Crippen molar-refractivity contribution in [3.8, 4) is 5.75 Å². The molecule has 1 heterocycles. The van der Waals surface area contributed by atoms with E-state index < -0.39 is 5.91 Å². The van der Waals surface area contributed by atoms with Crippen molar-refractivity contribution in [3.63, 3.8) is 0 Å². The van der Waals surface area contributed by atoms with Crippen LogP contribution in [0, 0.1) is 17.3 Å². The molecule has 2 aromatic rings. The lowest BCUT2D eigenvalue weighted by atomic mass is 9.55. The average molecular weight is 557 g/mol. The molecule has 6 atom stereocenters. The van der Waals surface area contributed by atoms with Crippen molar-refractivity contribution in [3.05, 3.63) is 76.4 Å². The molecule has 3 N–H and O–H groups in total. The van der Waals surface area contributed by atoms with Crippen LogP contribution in [-0.2, 0) is 11.2 Å². The van der Waals surface area contributed by atoms with Gasteiger partial charge in [-0.3, -0.25) is 9.69 Å². The zero-order chi connectivity index (χ0) is 28.7. The van der Waals surface area contributed by atoms with Crippen LogP contribution >= 0.6 is 0 Å². The van der Waals surface area contributed by atoms with E-state index in [2.05, 4.69) is 26.0 Å². The lowest BCUT2D eigenvalue weighted by Crippen LogP contribution is -2.52. The third kappa shape index (κ3) is 4.93. The fourth-order valence-electron chi connectivity index (χ4n) is 8.55. The molecular weight excluding hydrogens is 512 g/mol. The molecule has 2 amide bonds. The van der Waals surface area contributed by atoms with Crippen molar-refractivity contribution >= 4 is 12.0 Å². The van der Waals surface area contributed by atoms with Gasteiger partial charge in [-0.1, -0.05) is 70.2 Å². The molecule has 0 bridgehead atoms. The van der Waals surface area contributed by atoms with Crippen LogP contribution in [0.5, 0.6) is 5.75 Å². The zero-order valence-corrected chi connectivity index (χ0v) is 24.5. The summed E-state index contributed by atoms with van der Waals surface area (Å²) in [6.07, 6.45) is 12.8. The second-order valence-electron chi connectivity index (χ2n) is 13.0. The van der Waals surface area contributed by atoms with Crippen LogP contribution < -0.4 is 5.73 Å². The van der Waals surface area contributed by atoms with E-state index in [9.17, 15) is 14.7 Å². The van der Waals surface area contributed by atoms with E-state index in [0.717, 1.165) is 44.1 Å². The summed E-state index contributed by atoms with van der Waals surface area (Å²) in [4.78, 5) is 27.8. The van der Waals surface area contributed by atoms with E-state index in [0.29, 0.717) is 35.6 Å². The number of fused-ring (bicyclic) bond motifs is 7. The van der Waals surface area contributed by atoms with E-state index in [1.807, 2.05) is 35.2 Å². The minimum atomic E-state index is -0.458. The standard InChI is InChI=1S/C35H44N2O4/c1-3-4-5-6-7-8-18-37-31(23-10-9-11-24(19-23)33(36)39)29-21-30-28-14-12-22-20-25(38)13-15-26(22)27(28)16-17-35(30,2)32(29)41-34(37)40/h9-11,13,15,19-21,27-28,30-32,38H,3-8,12,14,16-18H2,1-2H3,(H2,36,39)/t27-,28-,30+,31+,32+,35+/m1/s1. The molecule has 0 radical (unpaired) electrons. The summed E-state index contributed by atoms with van der Waals surface area (Å²) < 4.78 is 6.38. The Morgan fingerprint density at radius 1 is 1.10 bits per heavy atom. The van der Waals surface area contributed by atoms with E-state index in [-0.39, 0.29) is 23.7 Å². The Kier molecular flexibility index (Phi) is 7.60. The summed E-state index contributed by atoms with van der Waals surface area (Å²) in [6, 6.07) is 13.1. The number of aromatic hydroxyl groups is 1. The Labute approximate surface area is 243 Å². The highest BCUT2D eigenvalue weighted by Gasteiger charge is 2.60. The van der Waals surface area contributed by atoms with Gasteiger partial charge in [0.25, 0.3) is 0 Å². The largest absolute Gasteiger partial charge is 0.508 e. The van der Waals surface area contributed by atoms with Crippen molar-refractivity contribution in [2.45, 2.75) is 96.1 Å². The normalized spacial score (nSPS) is 30.0. The first-order valence-corrected chi connectivity index (χ1v) is 15.7. The maximum absolute atomic E-state index is 13.8. The average Bonchev–Trinajstić information content (AvgIpc) is 3.26. The monoisotopic (exact) mass is 556 g/mol. The number of hydrogen-bond donors (Lipinski definition) is 2. The number of amides is 2. The molecule has 1 aliphatic heterocycles. The van der Waals surface area contributed by atoms with Gasteiger partial charge in [0, 0.05) is 17.5 Å². The molecule has 6 rings (SSSR count). The highest BCUT2D eigenvalue weighted by molar-refractivity contribution is 5.93. The highest BCUT2D eigenvalue weighted by atomic mass is 16.6. The number of hydrogen-bond acceptors (Lipinski definition) is 4. The summed E-state index contributed by atoms with van der Waals surface area (Å²) in [7, 11) is 0. The number of carbonyl (C=O) groups excluding carboxylic acids is 2. The number of ether oxygens (including phenoxy) is 1. The van der Waals surface area contributed by atoms with Crippen molar-refractivity contribution < 1.29 is 19.4 Å². The number of rotatable bonds is 9. The van der Waals surface area contributed by atoms with Gasteiger partial charge in [0.2, 0.25) is 5.91 Å². The van der Waals surface area contributed by atoms with E-state index in [1.54, 1.807) is 6.07 Å². The van der Waals surface area contributed by atoms with E-state index >= 15 is 0 Å². The van der Waals surface area contributed by atoms with Gasteiger partial charge < -0.3 is 15.6 Å². The summed E-state index contributed by atoms with van der Waals surface area (Å²) in [5, 5.41) is 10.1. The van der Waals surface area contributed by atoms with Crippen molar-refractivity contribution in [2.75, 3.05) is 6.54 Å². The van der Waals surface area contributed by atoms with Crippen LogP contribution in [0.3, 0.4) is 0 Å². The fourth-order valence-corrected chi connectivity index (χ4v) is 8.55. The number of aryl methyl sites for hydroxylation is 1. The lowest BCUT2D eigenvalue weighted by molar-refractivity contribution is -0.0540. The second kappa shape index (κ2) is 11.2. The van der Waals surface area contributed by atoms with Gasteiger partial charge in [-0.25, -0.2) is 4.79 Å². The predicted octanol–water partition coefficient (Wildman–Crippen LogP) is 7.42. The van der Waals surface area contributed by atoms with Gasteiger partial charge in [0.1, 0.15) is 11.9 Å². The Morgan fingerprint density at radius 2 is 1.90 bits per heavy atom. The molecule has 2 fully saturated rings. The Bertz CT molecular complexity index is 1350. The molecule has 0 unspecified atom stereocenters. The third-order valence-corrected chi connectivity index (χ3v) is 10.6. The summed E-state index contributed by atoms with van der Waals surface area (Å²) in [5.74, 6) is 1.09. The van der Waals surface area contributed by atoms with Gasteiger partial charge in [0.05, 0.1) is 6.04 Å². The van der Waals surface area contributed by atoms with Gasteiger partial charge >= 0.3 is 6.09 Å². The number of phenolic OH excluding ortho intramolecular Hbond substituents is 1. The topological polar surface area (TPSA) is 92.9 Å². The number of carbonyl (C=O) groups is 2. The van der Waals surface area contributed by atoms with Crippen LogP contribution in [0.2, 0.25) is 0 Å². The number of nitrogens with zero attached hydrogens (tertiary/aromatic N) is 1. The molecule has 6 nitrogen and oxygen atoms in total. The van der Waals surface area contributed by atoms with Crippen LogP contribution in [0.1, 0.15) is 111 Å². The van der Waals surface area contributed by atoms with Crippen molar-refractivity contribution in [2.24, 2.45) is 23.0 Å². The summed E-state index contributed by atoms with van der Waals surface area (Å²) in [6.45, 7) is 5.17. The molecule has 6 heteroatoms. The van der Waals surface area contributed by atoms with Gasteiger partial charge in [0.15, 0.2) is 0 Å². The van der Waals surface area contributed by atoms with Crippen LogP contribution in [0.15, 0.2) is 54.1 Å². The van der Waals surface area contributed by atoms with Gasteiger partial charge in [-0.05, 0) is 96.4 Å². The number of allylic oxidation sites excluding steroid dienone is 1. The maximum Gasteiger partial charge on any atom is 0.411 e.